The van der Waals surface area contributed by atoms with Crippen molar-refractivity contribution in [1.82, 2.24) is 0 Å². The molecule has 0 fully saturated rings. The van der Waals surface area contributed by atoms with E-state index in [0.717, 1.165) is 0 Å². The summed E-state index contributed by atoms with van der Waals surface area (Å²) in [6, 6.07) is 11.5. The predicted molar refractivity (Wildman–Crippen MR) is 94.8 cm³/mol. The third-order valence-corrected chi connectivity index (χ3v) is 3.75. The molecule has 2 aromatic carbocycles. The summed E-state index contributed by atoms with van der Waals surface area (Å²) in [5.74, 6) is -0.547. The summed E-state index contributed by atoms with van der Waals surface area (Å²) in [5.41, 5.74) is 1.22. The molecule has 0 radical (unpaired) electrons. The van der Waals surface area contributed by atoms with Crippen LogP contribution in [-0.4, -0.2) is 17.8 Å². The fourth-order valence-corrected chi connectivity index (χ4v) is 2.67. The predicted octanol–water partition coefficient (Wildman–Crippen LogP) is 4.26. The van der Waals surface area contributed by atoms with Gasteiger partial charge in [-0.25, -0.2) is 9.79 Å². The number of carbonyl (C=O) groups excluding carboxylic acids is 2. The van der Waals surface area contributed by atoms with E-state index in [1.807, 2.05) is 0 Å². The standard InChI is InChI=1S/C18H11Cl2NO4/c1-10(22)24-13-4-2-3-11(7-13)8-16-18(23)25-17(21-16)14-6-5-12(19)9-15(14)20/h2-9H,1H3/b16-8-. The molecule has 1 heterocycles. The zero-order chi connectivity index (χ0) is 18.0. The summed E-state index contributed by atoms with van der Waals surface area (Å²) in [7, 11) is 0. The van der Waals surface area contributed by atoms with Crippen molar-refractivity contribution < 1.29 is 19.1 Å². The van der Waals surface area contributed by atoms with Crippen LogP contribution in [0.15, 0.2) is 53.2 Å². The average Bonchev–Trinajstić information content (AvgIpc) is 2.87. The van der Waals surface area contributed by atoms with Crippen molar-refractivity contribution in [2.24, 2.45) is 4.99 Å². The summed E-state index contributed by atoms with van der Waals surface area (Å²) in [6.45, 7) is 1.31. The third kappa shape index (κ3) is 4.07. The van der Waals surface area contributed by atoms with Crippen LogP contribution in [0.1, 0.15) is 18.1 Å². The first-order chi connectivity index (χ1) is 11.9. The Kier molecular flexibility index (Phi) is 4.88. The number of carbonyl (C=O) groups is 2. The van der Waals surface area contributed by atoms with Crippen molar-refractivity contribution >= 4 is 47.1 Å². The first-order valence-corrected chi connectivity index (χ1v) is 7.94. The Morgan fingerprint density at radius 3 is 2.72 bits per heavy atom. The van der Waals surface area contributed by atoms with E-state index in [2.05, 4.69) is 4.99 Å². The van der Waals surface area contributed by atoms with Crippen molar-refractivity contribution in [1.29, 1.82) is 0 Å². The van der Waals surface area contributed by atoms with Crippen molar-refractivity contribution in [2.45, 2.75) is 6.92 Å². The van der Waals surface area contributed by atoms with E-state index in [1.54, 1.807) is 42.5 Å². The van der Waals surface area contributed by atoms with Crippen LogP contribution >= 0.6 is 23.2 Å². The van der Waals surface area contributed by atoms with Gasteiger partial charge in [-0.15, -0.1) is 0 Å². The Hall–Kier alpha value is -2.63. The molecule has 7 heteroatoms. The van der Waals surface area contributed by atoms with Gasteiger partial charge in [-0.3, -0.25) is 4.79 Å². The van der Waals surface area contributed by atoms with Crippen LogP contribution in [0.25, 0.3) is 6.08 Å². The molecule has 0 aromatic heterocycles. The summed E-state index contributed by atoms with van der Waals surface area (Å²) in [6.07, 6.45) is 1.53. The van der Waals surface area contributed by atoms with Crippen LogP contribution in [0.3, 0.4) is 0 Å². The fourth-order valence-electron chi connectivity index (χ4n) is 2.18. The maximum absolute atomic E-state index is 12.0. The van der Waals surface area contributed by atoms with E-state index < -0.39 is 11.9 Å². The van der Waals surface area contributed by atoms with E-state index >= 15 is 0 Å². The molecule has 0 aliphatic carbocycles. The zero-order valence-corrected chi connectivity index (χ0v) is 14.5. The fraction of sp³-hybridized carbons (Fsp3) is 0.0556. The molecular weight excluding hydrogens is 365 g/mol. The normalized spacial score (nSPS) is 15.1. The number of esters is 2. The molecule has 0 saturated carbocycles. The van der Waals surface area contributed by atoms with Gasteiger partial charge < -0.3 is 9.47 Å². The minimum absolute atomic E-state index is 0.106. The number of cyclic esters (lactones) is 1. The topological polar surface area (TPSA) is 65.0 Å². The Labute approximate surface area is 153 Å². The molecule has 1 aliphatic rings. The van der Waals surface area contributed by atoms with Crippen molar-refractivity contribution in [3.63, 3.8) is 0 Å². The summed E-state index contributed by atoms with van der Waals surface area (Å²) < 4.78 is 10.2. The van der Waals surface area contributed by atoms with Gasteiger partial charge in [0.25, 0.3) is 0 Å². The molecule has 126 valence electrons. The lowest BCUT2D eigenvalue weighted by Crippen LogP contribution is -2.05. The van der Waals surface area contributed by atoms with Crippen LogP contribution in [-0.2, 0) is 14.3 Å². The molecule has 1 aliphatic heterocycles. The largest absolute Gasteiger partial charge is 0.427 e. The van der Waals surface area contributed by atoms with Crippen LogP contribution < -0.4 is 4.74 Å². The van der Waals surface area contributed by atoms with Gasteiger partial charge >= 0.3 is 11.9 Å². The lowest BCUT2D eigenvalue weighted by atomic mass is 10.2. The molecule has 2 aromatic rings. The second kappa shape index (κ2) is 7.09. The van der Waals surface area contributed by atoms with Crippen molar-refractivity contribution in [2.75, 3.05) is 0 Å². The summed E-state index contributed by atoms with van der Waals surface area (Å²) in [5, 5.41) is 0.800. The van der Waals surface area contributed by atoms with Gasteiger partial charge in [0.2, 0.25) is 5.90 Å². The van der Waals surface area contributed by atoms with E-state index in [4.69, 9.17) is 32.7 Å². The van der Waals surface area contributed by atoms with Crippen LogP contribution in [0.4, 0.5) is 0 Å². The summed E-state index contributed by atoms with van der Waals surface area (Å²) in [4.78, 5) is 27.3. The number of hydrogen-bond donors (Lipinski definition) is 0. The average molecular weight is 376 g/mol. The zero-order valence-electron chi connectivity index (χ0n) is 13.0. The number of hydrogen-bond acceptors (Lipinski definition) is 5. The van der Waals surface area contributed by atoms with E-state index in [1.165, 1.54) is 13.0 Å². The number of nitrogens with zero attached hydrogens (tertiary/aromatic N) is 1. The molecule has 0 spiro atoms. The van der Waals surface area contributed by atoms with Crippen LogP contribution in [0, 0.1) is 0 Å². The minimum atomic E-state index is -0.598. The lowest BCUT2D eigenvalue weighted by molar-refractivity contribution is -0.132. The molecule has 0 atom stereocenters. The third-order valence-electron chi connectivity index (χ3n) is 3.21. The lowest BCUT2D eigenvalue weighted by Gasteiger charge is -2.02. The highest BCUT2D eigenvalue weighted by Gasteiger charge is 2.25. The molecular formula is C18H11Cl2NO4. The number of ether oxygens (including phenoxy) is 2. The van der Waals surface area contributed by atoms with Gasteiger partial charge in [0, 0.05) is 11.9 Å². The Morgan fingerprint density at radius 2 is 2.00 bits per heavy atom. The molecule has 0 saturated heterocycles. The van der Waals surface area contributed by atoms with Gasteiger partial charge in [-0.05, 0) is 42.0 Å². The quantitative estimate of drug-likeness (QED) is 0.456. The first-order valence-electron chi connectivity index (χ1n) is 7.19. The first kappa shape index (κ1) is 17.2. The summed E-state index contributed by atoms with van der Waals surface area (Å²) >= 11 is 12.0. The van der Waals surface area contributed by atoms with Gasteiger partial charge in [0.1, 0.15) is 5.75 Å². The second-order valence-electron chi connectivity index (χ2n) is 5.13. The molecule has 0 bridgehead atoms. The second-order valence-corrected chi connectivity index (χ2v) is 5.97. The molecule has 5 nitrogen and oxygen atoms in total. The Bertz CT molecular complexity index is 934. The van der Waals surface area contributed by atoms with Gasteiger partial charge in [0.05, 0.1) is 10.6 Å². The Morgan fingerprint density at radius 1 is 1.20 bits per heavy atom. The van der Waals surface area contributed by atoms with Gasteiger partial charge in [0.15, 0.2) is 5.70 Å². The number of rotatable bonds is 3. The van der Waals surface area contributed by atoms with Crippen LogP contribution in [0.2, 0.25) is 10.0 Å². The van der Waals surface area contributed by atoms with Gasteiger partial charge in [-0.1, -0.05) is 35.3 Å². The van der Waals surface area contributed by atoms with Crippen molar-refractivity contribution in [3.8, 4) is 5.75 Å². The smallest absolute Gasteiger partial charge is 0.363 e. The van der Waals surface area contributed by atoms with Crippen molar-refractivity contribution in [3.05, 3.63) is 69.3 Å². The molecule has 0 unspecified atom stereocenters. The monoisotopic (exact) mass is 375 g/mol. The minimum Gasteiger partial charge on any atom is -0.427 e. The molecule has 25 heavy (non-hydrogen) atoms. The SMILES string of the molecule is CC(=O)Oc1cccc(/C=C2\N=C(c3ccc(Cl)cc3Cl)OC2=O)c1. The van der Waals surface area contributed by atoms with Crippen LogP contribution in [0.5, 0.6) is 5.75 Å². The molecule has 0 N–H and O–H groups in total. The van der Waals surface area contributed by atoms with E-state index in [0.29, 0.717) is 26.9 Å². The highest BCUT2D eigenvalue weighted by molar-refractivity contribution is 6.37. The number of aliphatic imine (C=N–C) groups is 1. The van der Waals surface area contributed by atoms with E-state index in [9.17, 15) is 9.59 Å². The van der Waals surface area contributed by atoms with Gasteiger partial charge in [-0.2, -0.15) is 0 Å². The van der Waals surface area contributed by atoms with E-state index in [-0.39, 0.29) is 11.6 Å². The maximum Gasteiger partial charge on any atom is 0.363 e. The maximum atomic E-state index is 12.0. The Balaban J connectivity index is 1.92. The molecule has 3 rings (SSSR count). The highest BCUT2D eigenvalue weighted by Crippen LogP contribution is 2.26. The molecule has 0 amide bonds. The number of benzene rings is 2. The highest BCUT2D eigenvalue weighted by atomic mass is 35.5. The number of halogens is 2.